The van der Waals surface area contributed by atoms with Crippen LogP contribution >= 0.6 is 0 Å². The van der Waals surface area contributed by atoms with Crippen molar-refractivity contribution < 1.29 is 17.9 Å². The van der Waals surface area contributed by atoms with E-state index in [4.69, 9.17) is 9.47 Å². The smallest absolute Gasteiger partial charge is 0.243 e. The number of anilines is 2. The van der Waals surface area contributed by atoms with E-state index in [1.54, 1.807) is 24.3 Å². The Balaban J connectivity index is 1.68. The van der Waals surface area contributed by atoms with E-state index in [1.165, 1.54) is 4.31 Å². The Morgan fingerprint density at radius 1 is 0.968 bits per heavy atom. The van der Waals surface area contributed by atoms with Crippen LogP contribution < -0.4 is 9.04 Å². The number of aryl methyl sites for hydroxylation is 1. The van der Waals surface area contributed by atoms with Crippen molar-refractivity contribution in [2.75, 3.05) is 17.5 Å². The molecule has 0 radical (unpaired) electrons. The number of hydrogen-bond donors (Lipinski definition) is 0. The number of nitrogens with zero attached hydrogens (tertiary/aromatic N) is 1. The van der Waals surface area contributed by atoms with Gasteiger partial charge in [-0.2, -0.15) is 0 Å². The number of ether oxygens (including phenoxy) is 2. The third-order valence-corrected chi connectivity index (χ3v) is 6.75. The quantitative estimate of drug-likeness (QED) is 0.415. The van der Waals surface area contributed by atoms with Gasteiger partial charge in [0.05, 0.1) is 23.7 Å². The molecule has 31 heavy (non-hydrogen) atoms. The Hall–Kier alpha value is -2.83. The first-order chi connectivity index (χ1) is 15.1. The topological polar surface area (TPSA) is 59.1 Å². The molecule has 1 fully saturated rings. The number of benzene rings is 3. The second-order valence-electron chi connectivity index (χ2n) is 7.65. The largest absolute Gasteiger partial charge is 0.490 e. The van der Waals surface area contributed by atoms with Crippen molar-refractivity contribution in [1.29, 1.82) is 0 Å². The zero-order chi connectivity index (χ0) is 21.7. The second-order valence-corrected chi connectivity index (χ2v) is 9.47. The lowest BCUT2D eigenvalue weighted by Crippen LogP contribution is -2.27. The molecular weight excluding hydrogens is 410 g/mol. The minimum atomic E-state index is -3.73. The van der Waals surface area contributed by atoms with Crippen molar-refractivity contribution >= 4 is 21.4 Å². The van der Waals surface area contributed by atoms with Gasteiger partial charge in [-0.25, -0.2) is 12.7 Å². The minimum absolute atomic E-state index is 0.101. The predicted molar refractivity (Wildman–Crippen MR) is 123 cm³/mol. The average Bonchev–Trinajstić information content (AvgIpc) is 3.60. The summed E-state index contributed by atoms with van der Waals surface area (Å²) in [5, 5.41) is 0. The van der Waals surface area contributed by atoms with Gasteiger partial charge in [0, 0.05) is 5.56 Å². The van der Waals surface area contributed by atoms with Gasteiger partial charge in [0.15, 0.2) is 0 Å². The maximum atomic E-state index is 13.7. The molecule has 0 aromatic heterocycles. The highest BCUT2D eigenvalue weighted by Crippen LogP contribution is 2.32. The van der Waals surface area contributed by atoms with E-state index in [0.717, 1.165) is 18.4 Å². The predicted octanol–water partition coefficient (Wildman–Crippen LogP) is 5.08. The Morgan fingerprint density at radius 2 is 1.58 bits per heavy atom. The van der Waals surface area contributed by atoms with Crippen LogP contribution in [0.15, 0.2) is 78.9 Å². The van der Waals surface area contributed by atoms with Crippen molar-refractivity contribution in [1.82, 2.24) is 0 Å². The van der Waals surface area contributed by atoms with Gasteiger partial charge in [0.1, 0.15) is 18.5 Å². The summed E-state index contributed by atoms with van der Waals surface area (Å²) >= 11 is 0. The highest BCUT2D eigenvalue weighted by Gasteiger charge is 2.28. The molecule has 3 aromatic rings. The van der Waals surface area contributed by atoms with E-state index in [-0.39, 0.29) is 11.9 Å². The Bertz CT molecular complexity index is 1060. The molecule has 1 atom stereocenters. The highest BCUT2D eigenvalue weighted by atomic mass is 32.2. The first-order valence-electron chi connectivity index (χ1n) is 10.6. The molecule has 4 rings (SSSR count). The molecule has 0 spiro atoms. The summed E-state index contributed by atoms with van der Waals surface area (Å²) in [6.45, 7) is 3.25. The third kappa shape index (κ3) is 5.46. The SMILES string of the molecule is CCCc1ccc(CS(=O)(=O)N(c2ccccc2)c2ccccc2)c(OCC2CO2)c1. The molecule has 5 nitrogen and oxygen atoms in total. The summed E-state index contributed by atoms with van der Waals surface area (Å²) in [5.41, 5.74) is 2.99. The van der Waals surface area contributed by atoms with Gasteiger partial charge in [-0.3, -0.25) is 0 Å². The molecule has 0 N–H and O–H groups in total. The normalized spacial score (nSPS) is 15.5. The van der Waals surface area contributed by atoms with Crippen LogP contribution in [0.1, 0.15) is 24.5 Å². The molecular formula is C25H27NO4S. The molecule has 1 heterocycles. The van der Waals surface area contributed by atoms with Crippen molar-refractivity contribution in [2.24, 2.45) is 0 Å². The summed E-state index contributed by atoms with van der Waals surface area (Å²) in [4.78, 5) is 0. The summed E-state index contributed by atoms with van der Waals surface area (Å²) < 4.78 is 40.0. The lowest BCUT2D eigenvalue weighted by molar-refractivity contribution is 0.261. The molecule has 162 valence electrons. The van der Waals surface area contributed by atoms with Crippen molar-refractivity contribution in [2.45, 2.75) is 31.6 Å². The number of rotatable bonds is 10. The Morgan fingerprint density at radius 3 is 2.13 bits per heavy atom. The first kappa shape index (κ1) is 21.4. The van der Waals surface area contributed by atoms with Crippen LogP contribution in [0, 0.1) is 0 Å². The maximum Gasteiger partial charge on any atom is 0.243 e. The first-order valence-corrected chi connectivity index (χ1v) is 12.2. The van der Waals surface area contributed by atoms with Gasteiger partial charge < -0.3 is 9.47 Å². The number of epoxide rings is 1. The molecule has 1 aliphatic heterocycles. The van der Waals surface area contributed by atoms with Crippen molar-refractivity contribution in [3.8, 4) is 5.75 Å². The van der Waals surface area contributed by atoms with E-state index in [0.29, 0.717) is 35.9 Å². The van der Waals surface area contributed by atoms with Crippen LogP contribution in [-0.4, -0.2) is 27.7 Å². The van der Waals surface area contributed by atoms with Crippen LogP contribution in [0.25, 0.3) is 0 Å². The van der Waals surface area contributed by atoms with Gasteiger partial charge in [-0.05, 0) is 42.3 Å². The van der Waals surface area contributed by atoms with Gasteiger partial charge in [0.25, 0.3) is 0 Å². The van der Waals surface area contributed by atoms with Gasteiger partial charge in [0.2, 0.25) is 10.0 Å². The standard InChI is InChI=1S/C25H27NO4S/c1-2-9-20-14-15-21(25(16-20)30-18-24-17-29-24)19-31(27,28)26(22-10-5-3-6-11-22)23-12-7-4-8-13-23/h3-8,10-16,24H,2,9,17-19H2,1H3. The van der Waals surface area contributed by atoms with E-state index in [1.807, 2.05) is 54.6 Å². The lowest BCUT2D eigenvalue weighted by Gasteiger charge is -2.25. The van der Waals surface area contributed by atoms with Gasteiger partial charge in [-0.15, -0.1) is 0 Å². The van der Waals surface area contributed by atoms with Crippen LogP contribution in [-0.2, 0) is 26.9 Å². The fourth-order valence-electron chi connectivity index (χ4n) is 3.50. The fraction of sp³-hybridized carbons (Fsp3) is 0.280. The van der Waals surface area contributed by atoms with E-state index in [9.17, 15) is 8.42 Å². The third-order valence-electron chi connectivity index (χ3n) is 5.09. The average molecular weight is 438 g/mol. The Labute approximate surface area is 184 Å². The molecule has 3 aromatic carbocycles. The summed E-state index contributed by atoms with van der Waals surface area (Å²) in [7, 11) is -3.73. The van der Waals surface area contributed by atoms with Crippen LogP contribution in [0.5, 0.6) is 5.75 Å². The minimum Gasteiger partial charge on any atom is -0.490 e. The number of sulfonamides is 1. The molecule has 0 bridgehead atoms. The van der Waals surface area contributed by atoms with E-state index < -0.39 is 10.0 Å². The number of para-hydroxylation sites is 2. The summed E-state index contributed by atoms with van der Waals surface area (Å²) in [6, 6.07) is 24.1. The molecule has 1 unspecified atom stereocenters. The molecule has 0 amide bonds. The summed E-state index contributed by atoms with van der Waals surface area (Å²) in [5.74, 6) is 0.454. The van der Waals surface area contributed by atoms with Gasteiger partial charge >= 0.3 is 0 Å². The van der Waals surface area contributed by atoms with E-state index >= 15 is 0 Å². The molecule has 6 heteroatoms. The van der Waals surface area contributed by atoms with Gasteiger partial charge in [-0.1, -0.05) is 61.9 Å². The zero-order valence-electron chi connectivity index (χ0n) is 17.6. The van der Waals surface area contributed by atoms with E-state index in [2.05, 4.69) is 6.92 Å². The zero-order valence-corrected chi connectivity index (χ0v) is 18.4. The monoisotopic (exact) mass is 437 g/mol. The fourth-order valence-corrected chi connectivity index (χ4v) is 5.15. The van der Waals surface area contributed by atoms with Crippen molar-refractivity contribution in [3.63, 3.8) is 0 Å². The second kappa shape index (κ2) is 9.54. The molecule has 0 saturated carbocycles. The lowest BCUT2D eigenvalue weighted by atomic mass is 10.1. The highest BCUT2D eigenvalue weighted by molar-refractivity contribution is 7.92. The van der Waals surface area contributed by atoms with Crippen LogP contribution in [0.3, 0.4) is 0 Å². The molecule has 0 aliphatic carbocycles. The molecule has 1 saturated heterocycles. The Kier molecular flexibility index (Phi) is 6.59. The van der Waals surface area contributed by atoms with Crippen LogP contribution in [0.4, 0.5) is 11.4 Å². The molecule has 1 aliphatic rings. The number of hydrogen-bond acceptors (Lipinski definition) is 4. The van der Waals surface area contributed by atoms with Crippen molar-refractivity contribution in [3.05, 3.63) is 90.0 Å². The summed E-state index contributed by atoms with van der Waals surface area (Å²) in [6.07, 6.45) is 2.03. The van der Waals surface area contributed by atoms with Crippen LogP contribution in [0.2, 0.25) is 0 Å². The maximum absolute atomic E-state index is 13.7.